The van der Waals surface area contributed by atoms with Gasteiger partial charge in [0.25, 0.3) is 0 Å². The second kappa shape index (κ2) is 6.74. The molecular weight excluding hydrogens is 324 g/mol. The van der Waals surface area contributed by atoms with Gasteiger partial charge in [0.15, 0.2) is 0 Å². The topological polar surface area (TPSA) is 0 Å². The molecule has 0 aliphatic heterocycles. The highest BCUT2D eigenvalue weighted by Crippen LogP contribution is 2.28. The Morgan fingerprint density at radius 3 is 1.70 bits per heavy atom. The first-order valence-electron chi connectivity index (χ1n) is 9.41. The predicted octanol–water partition coefficient (Wildman–Crippen LogP) is 7.25. The van der Waals surface area contributed by atoms with Crippen molar-refractivity contribution in [1.82, 2.24) is 0 Å². The molecule has 0 unspecified atom stereocenters. The molecule has 0 aliphatic carbocycles. The molecule has 0 amide bonds. The van der Waals surface area contributed by atoms with Crippen LogP contribution < -0.4 is 0 Å². The maximum Gasteiger partial charge on any atom is -0.00256 e. The van der Waals surface area contributed by atoms with Crippen molar-refractivity contribution >= 4 is 21.5 Å². The summed E-state index contributed by atoms with van der Waals surface area (Å²) in [6.07, 6.45) is 0.975. The maximum atomic E-state index is 2.31. The molecule has 0 bridgehead atoms. The summed E-state index contributed by atoms with van der Waals surface area (Å²) < 4.78 is 0. The summed E-state index contributed by atoms with van der Waals surface area (Å²) in [5.41, 5.74) is 5.24. The van der Waals surface area contributed by atoms with Crippen LogP contribution in [0.3, 0.4) is 0 Å². The van der Waals surface area contributed by atoms with Gasteiger partial charge < -0.3 is 0 Å². The van der Waals surface area contributed by atoms with Crippen molar-refractivity contribution in [3.8, 4) is 11.1 Å². The zero-order valence-electron chi connectivity index (χ0n) is 15.1. The van der Waals surface area contributed by atoms with Crippen LogP contribution in [0.15, 0.2) is 109 Å². The second-order valence-electron chi connectivity index (χ2n) is 7.12. The van der Waals surface area contributed by atoms with Gasteiger partial charge in [-0.15, -0.1) is 0 Å². The molecule has 0 fully saturated rings. The van der Waals surface area contributed by atoms with Crippen LogP contribution in [0.1, 0.15) is 11.1 Å². The minimum Gasteiger partial charge on any atom is -0.0622 e. The van der Waals surface area contributed by atoms with Gasteiger partial charge in [-0.2, -0.15) is 0 Å². The Morgan fingerprint density at radius 2 is 0.926 bits per heavy atom. The molecule has 0 heteroatoms. The molecule has 27 heavy (non-hydrogen) atoms. The van der Waals surface area contributed by atoms with Crippen LogP contribution in [0.4, 0.5) is 0 Å². The van der Waals surface area contributed by atoms with Crippen LogP contribution in [-0.4, -0.2) is 0 Å². The summed E-state index contributed by atoms with van der Waals surface area (Å²) in [6.45, 7) is 0. The van der Waals surface area contributed by atoms with Gasteiger partial charge in [0, 0.05) is 0 Å². The molecule has 5 aromatic rings. The van der Waals surface area contributed by atoms with Gasteiger partial charge >= 0.3 is 0 Å². The highest BCUT2D eigenvalue weighted by molar-refractivity contribution is 5.91. The lowest BCUT2D eigenvalue weighted by Gasteiger charge is -2.08. The van der Waals surface area contributed by atoms with E-state index in [0.29, 0.717) is 0 Å². The second-order valence-corrected chi connectivity index (χ2v) is 7.12. The Balaban J connectivity index is 1.50. The van der Waals surface area contributed by atoms with Gasteiger partial charge in [-0.25, -0.2) is 0 Å². The van der Waals surface area contributed by atoms with Crippen molar-refractivity contribution in [1.29, 1.82) is 0 Å². The average molecular weight is 344 g/mol. The van der Waals surface area contributed by atoms with E-state index >= 15 is 0 Å². The Hall–Kier alpha value is -3.38. The van der Waals surface area contributed by atoms with Gasteiger partial charge in [0.2, 0.25) is 0 Å². The quantitative estimate of drug-likeness (QED) is 0.323. The van der Waals surface area contributed by atoms with E-state index in [9.17, 15) is 0 Å². The fourth-order valence-corrected chi connectivity index (χ4v) is 3.79. The average Bonchev–Trinajstić information content (AvgIpc) is 2.74. The minimum atomic E-state index is 0.975. The van der Waals surface area contributed by atoms with Crippen LogP contribution >= 0.6 is 0 Å². The number of rotatable bonds is 3. The van der Waals surface area contributed by atoms with Crippen LogP contribution in [-0.2, 0) is 6.42 Å². The van der Waals surface area contributed by atoms with Gasteiger partial charge in [-0.1, -0.05) is 97.1 Å². The third-order valence-electron chi connectivity index (χ3n) is 5.24. The van der Waals surface area contributed by atoms with Gasteiger partial charge in [0.05, 0.1) is 0 Å². The van der Waals surface area contributed by atoms with E-state index in [1.54, 1.807) is 0 Å². The Morgan fingerprint density at radius 1 is 0.370 bits per heavy atom. The van der Waals surface area contributed by atoms with Crippen molar-refractivity contribution in [2.24, 2.45) is 0 Å². The molecule has 0 saturated heterocycles. The van der Waals surface area contributed by atoms with Crippen molar-refractivity contribution in [2.75, 3.05) is 0 Å². The summed E-state index contributed by atoms with van der Waals surface area (Å²) in [4.78, 5) is 0. The number of fused-ring (bicyclic) bond motifs is 2. The summed E-state index contributed by atoms with van der Waals surface area (Å²) in [7, 11) is 0. The van der Waals surface area contributed by atoms with Crippen molar-refractivity contribution in [2.45, 2.75) is 6.42 Å². The minimum absolute atomic E-state index is 0.975. The van der Waals surface area contributed by atoms with Crippen LogP contribution in [0.2, 0.25) is 0 Å². The molecule has 128 valence electrons. The smallest absolute Gasteiger partial charge is 0.00256 e. The highest BCUT2D eigenvalue weighted by Gasteiger charge is 2.03. The fraction of sp³-hybridized carbons (Fsp3) is 0.0370. The zero-order chi connectivity index (χ0) is 18.1. The molecule has 5 aromatic carbocycles. The number of hydrogen-bond donors (Lipinski definition) is 0. The number of hydrogen-bond acceptors (Lipinski definition) is 0. The van der Waals surface area contributed by atoms with Gasteiger partial charge in [-0.05, 0) is 62.4 Å². The SMILES string of the molecule is c1ccc(Cc2ccc3cc(-c4ccc5ccccc5c4)ccc3c2)cc1. The Kier molecular flexibility index (Phi) is 3.95. The van der Waals surface area contributed by atoms with Crippen LogP contribution in [0, 0.1) is 0 Å². The molecular formula is C27H20. The van der Waals surface area contributed by atoms with E-state index in [1.807, 2.05) is 0 Å². The third-order valence-corrected chi connectivity index (χ3v) is 5.24. The lowest BCUT2D eigenvalue weighted by Crippen LogP contribution is -1.88. The first-order chi connectivity index (χ1) is 13.3. The lowest BCUT2D eigenvalue weighted by molar-refractivity contribution is 1.20. The molecule has 5 rings (SSSR count). The molecule has 0 N–H and O–H groups in total. The predicted molar refractivity (Wildman–Crippen MR) is 116 cm³/mol. The molecule has 0 nitrogen and oxygen atoms in total. The zero-order valence-corrected chi connectivity index (χ0v) is 15.1. The van der Waals surface area contributed by atoms with E-state index in [2.05, 4.69) is 109 Å². The summed E-state index contributed by atoms with van der Waals surface area (Å²) >= 11 is 0. The number of benzene rings is 5. The summed E-state index contributed by atoms with van der Waals surface area (Å²) in [5, 5.41) is 5.16. The van der Waals surface area contributed by atoms with E-state index in [1.165, 1.54) is 43.8 Å². The molecule has 0 aromatic heterocycles. The largest absolute Gasteiger partial charge is 0.0622 e. The van der Waals surface area contributed by atoms with Crippen LogP contribution in [0.5, 0.6) is 0 Å². The van der Waals surface area contributed by atoms with E-state index in [-0.39, 0.29) is 0 Å². The fourth-order valence-electron chi connectivity index (χ4n) is 3.79. The van der Waals surface area contributed by atoms with Crippen molar-refractivity contribution in [3.63, 3.8) is 0 Å². The summed E-state index contributed by atoms with van der Waals surface area (Å²) in [6, 6.07) is 39.5. The first-order valence-corrected chi connectivity index (χ1v) is 9.41. The molecule has 0 atom stereocenters. The Bertz CT molecular complexity index is 1230. The maximum absolute atomic E-state index is 2.31. The van der Waals surface area contributed by atoms with Crippen molar-refractivity contribution < 1.29 is 0 Å². The van der Waals surface area contributed by atoms with Gasteiger partial charge in [0.1, 0.15) is 0 Å². The molecule has 0 spiro atoms. The first kappa shape index (κ1) is 15.8. The van der Waals surface area contributed by atoms with Gasteiger partial charge in [-0.3, -0.25) is 0 Å². The normalized spacial score (nSPS) is 11.1. The standard InChI is InChI=1S/C27H20/c1-2-6-20(7-3-1)16-21-10-11-25-19-27(15-14-24(25)17-21)26-13-12-22-8-4-5-9-23(22)18-26/h1-15,17-19H,16H2. The Labute approximate surface area is 159 Å². The van der Waals surface area contributed by atoms with Crippen molar-refractivity contribution in [3.05, 3.63) is 120 Å². The molecule has 0 aliphatic rings. The monoisotopic (exact) mass is 344 g/mol. The molecule has 0 radical (unpaired) electrons. The van der Waals surface area contributed by atoms with E-state index in [4.69, 9.17) is 0 Å². The van der Waals surface area contributed by atoms with Crippen LogP contribution in [0.25, 0.3) is 32.7 Å². The highest BCUT2D eigenvalue weighted by atomic mass is 14.1. The molecule has 0 saturated carbocycles. The molecule has 0 heterocycles. The van der Waals surface area contributed by atoms with E-state index in [0.717, 1.165) is 6.42 Å². The van der Waals surface area contributed by atoms with E-state index < -0.39 is 0 Å². The lowest BCUT2D eigenvalue weighted by atomic mass is 9.96. The summed E-state index contributed by atoms with van der Waals surface area (Å²) in [5.74, 6) is 0. The third kappa shape index (κ3) is 3.22.